The SMILES string of the molecule is CC(C)C[C@H](NC(=O)[C@@H](O)[C@H](C)Cc1ccccc1)C(=O)NCCN(C)C1C[C@@H]2CN(CCC(=O)NCCCNc3cc(N4CCC5(CC4)CN(c4cc(F)c(CN6CCC(C)(C)CC6)cc4F)CC(=O)N5)ncn3)C[C@@H]2C1. The standard InChI is InChI=1S/C59H88F2N12O5/c1-40(2)27-49(67-57(78)55(76)41(3)28-42-11-8-7-9-12-42)56(77)64-20-26-69(6)46-29-43-34-71(35-44(43)30-46)21-13-53(74)63-19-10-18-62-51-33-52(66-39-65-51)72-24-16-59(17-25-72)38-73(37-54(75)68-59)50-32-47(60)45(31-48(50)61)36-70-22-14-58(4,5)15-23-70/h7-9,11-12,31-33,39-41,43-44,46,49,55,76H,10,13-30,34-38H2,1-6H3,(H,63,74)(H,64,77)(H,67,78)(H,68,75)(H,62,65,66)/t41-,43-,44+,46?,49+,55+/m1/s1. The van der Waals surface area contributed by atoms with Crippen molar-refractivity contribution < 1.29 is 33.1 Å². The zero-order valence-electron chi connectivity index (χ0n) is 47.2. The fourth-order valence-corrected chi connectivity index (χ4v) is 12.5. The number of likely N-dealkylation sites (N-methyl/N-ethyl adjacent to an activating group) is 1. The molecule has 5 aliphatic rings. The number of nitrogens with zero attached hydrogens (tertiary/aromatic N) is 7. The minimum absolute atomic E-state index is 0.0305. The van der Waals surface area contributed by atoms with E-state index in [-0.39, 0.29) is 47.2 Å². The maximum absolute atomic E-state index is 15.7. The van der Waals surface area contributed by atoms with Crippen LogP contribution in [0, 0.1) is 40.7 Å². The highest BCUT2D eigenvalue weighted by Gasteiger charge is 2.44. The van der Waals surface area contributed by atoms with Gasteiger partial charge in [0.1, 0.15) is 41.7 Å². The van der Waals surface area contributed by atoms with Gasteiger partial charge < -0.3 is 51.3 Å². The number of rotatable bonds is 24. The van der Waals surface area contributed by atoms with E-state index in [4.69, 9.17) is 0 Å². The Morgan fingerprint density at radius 1 is 0.859 bits per heavy atom. The molecule has 3 aromatic rings. The van der Waals surface area contributed by atoms with E-state index in [2.05, 4.69) is 77.0 Å². The van der Waals surface area contributed by atoms with E-state index in [0.29, 0.717) is 114 Å². The normalized spacial score (nSPS) is 22.5. The van der Waals surface area contributed by atoms with Crippen LogP contribution < -0.4 is 36.4 Å². The van der Waals surface area contributed by atoms with Crippen molar-refractivity contribution in [2.75, 3.05) is 107 Å². The second-order valence-electron chi connectivity index (χ2n) is 24.6. The number of halogens is 2. The Morgan fingerprint density at radius 3 is 2.28 bits per heavy atom. The molecule has 78 heavy (non-hydrogen) atoms. The minimum atomic E-state index is -1.22. The van der Waals surface area contributed by atoms with Gasteiger partial charge in [0.15, 0.2) is 0 Å². The molecule has 8 rings (SSSR count). The smallest absolute Gasteiger partial charge is 0.249 e. The third kappa shape index (κ3) is 16.1. The Morgan fingerprint density at radius 2 is 1.58 bits per heavy atom. The molecule has 2 aromatic carbocycles. The molecule has 4 amide bonds. The van der Waals surface area contributed by atoms with Gasteiger partial charge in [-0.05, 0) is 119 Å². The summed E-state index contributed by atoms with van der Waals surface area (Å²) in [5, 5.41) is 26.3. The largest absolute Gasteiger partial charge is 0.383 e. The molecule has 0 radical (unpaired) electrons. The summed E-state index contributed by atoms with van der Waals surface area (Å²) in [7, 11) is 2.12. The summed E-state index contributed by atoms with van der Waals surface area (Å²) < 4.78 is 31.2. The third-order valence-electron chi connectivity index (χ3n) is 17.4. The van der Waals surface area contributed by atoms with Crippen LogP contribution >= 0.6 is 0 Å². The van der Waals surface area contributed by atoms with Gasteiger partial charge in [-0.3, -0.25) is 24.1 Å². The molecule has 5 fully saturated rings. The van der Waals surface area contributed by atoms with Crippen LogP contribution in [-0.2, 0) is 32.1 Å². The number of carbonyl (C=O) groups excluding carboxylic acids is 4. The van der Waals surface area contributed by atoms with Gasteiger partial charge in [-0.1, -0.05) is 65.0 Å². The lowest BCUT2D eigenvalue weighted by molar-refractivity contribution is -0.136. The van der Waals surface area contributed by atoms with Crippen molar-refractivity contribution in [2.24, 2.45) is 29.1 Å². The number of hydrogen-bond donors (Lipinski definition) is 6. The lowest BCUT2D eigenvalue weighted by Crippen LogP contribution is -2.66. The van der Waals surface area contributed by atoms with Crippen molar-refractivity contribution in [3.05, 3.63) is 77.6 Å². The van der Waals surface area contributed by atoms with Gasteiger partial charge in [0, 0.05) is 102 Å². The number of aromatic nitrogens is 2. The van der Waals surface area contributed by atoms with Crippen LogP contribution in [0.4, 0.5) is 26.1 Å². The number of aliphatic hydroxyl groups is 1. The Bertz CT molecular complexity index is 2470. The average Bonchev–Trinajstić information content (AvgIpc) is 4.07. The van der Waals surface area contributed by atoms with E-state index in [1.807, 2.05) is 57.2 Å². The number of piperazine rings is 1. The maximum atomic E-state index is 15.7. The molecule has 17 nitrogen and oxygen atoms in total. The summed E-state index contributed by atoms with van der Waals surface area (Å²) in [5.41, 5.74) is 1.21. The van der Waals surface area contributed by atoms with E-state index < -0.39 is 35.2 Å². The number of nitrogens with one attached hydrogen (secondary N) is 5. The van der Waals surface area contributed by atoms with Crippen LogP contribution in [0.3, 0.4) is 0 Å². The summed E-state index contributed by atoms with van der Waals surface area (Å²) in [4.78, 5) is 72.1. The number of anilines is 3. The number of piperidine rings is 2. The van der Waals surface area contributed by atoms with E-state index in [1.54, 1.807) is 4.90 Å². The monoisotopic (exact) mass is 1080 g/mol. The van der Waals surface area contributed by atoms with Crippen molar-refractivity contribution >= 4 is 41.0 Å². The Kier molecular flexibility index (Phi) is 20.0. The predicted molar refractivity (Wildman–Crippen MR) is 301 cm³/mol. The van der Waals surface area contributed by atoms with Crippen LogP contribution in [0.25, 0.3) is 0 Å². The first-order valence-corrected chi connectivity index (χ1v) is 28.9. The van der Waals surface area contributed by atoms with Crippen LogP contribution in [0.1, 0.15) is 104 Å². The molecule has 1 spiro atoms. The lowest BCUT2D eigenvalue weighted by Gasteiger charge is -2.48. The molecule has 6 atom stereocenters. The summed E-state index contributed by atoms with van der Waals surface area (Å²) in [6.45, 7) is 19.1. The molecular weight excluding hydrogens is 995 g/mol. The first-order valence-electron chi connectivity index (χ1n) is 28.9. The molecule has 1 aliphatic carbocycles. The fourth-order valence-electron chi connectivity index (χ4n) is 12.5. The number of likely N-dealkylation sites (tertiary alicyclic amines) is 2. The third-order valence-corrected chi connectivity index (χ3v) is 17.4. The lowest BCUT2D eigenvalue weighted by atomic mass is 9.82. The molecule has 1 unspecified atom stereocenters. The van der Waals surface area contributed by atoms with E-state index in [9.17, 15) is 24.3 Å². The van der Waals surface area contributed by atoms with Crippen LogP contribution in [0.15, 0.2) is 54.9 Å². The van der Waals surface area contributed by atoms with Gasteiger partial charge >= 0.3 is 0 Å². The number of aliphatic hydroxyl groups excluding tert-OH is 1. The van der Waals surface area contributed by atoms with Crippen molar-refractivity contribution in [3.63, 3.8) is 0 Å². The van der Waals surface area contributed by atoms with E-state index in [1.165, 1.54) is 18.5 Å². The molecule has 4 saturated heterocycles. The van der Waals surface area contributed by atoms with Crippen molar-refractivity contribution in [3.8, 4) is 0 Å². The van der Waals surface area contributed by atoms with Gasteiger partial charge in [0.25, 0.3) is 0 Å². The molecular formula is C59H88F2N12O5. The summed E-state index contributed by atoms with van der Waals surface area (Å²) in [5.74, 6) is 0.634. The van der Waals surface area contributed by atoms with Gasteiger partial charge in [-0.15, -0.1) is 0 Å². The molecule has 428 valence electrons. The predicted octanol–water partition coefficient (Wildman–Crippen LogP) is 5.19. The van der Waals surface area contributed by atoms with E-state index >= 15 is 8.78 Å². The van der Waals surface area contributed by atoms with Crippen LogP contribution in [-0.4, -0.2) is 169 Å². The second-order valence-corrected chi connectivity index (χ2v) is 24.6. The van der Waals surface area contributed by atoms with Crippen LogP contribution in [0.2, 0.25) is 0 Å². The van der Waals surface area contributed by atoms with Gasteiger partial charge in [-0.2, -0.15) is 0 Å². The Hall–Kier alpha value is -5.50. The van der Waals surface area contributed by atoms with E-state index in [0.717, 1.165) is 76.2 Å². The number of carbonyl (C=O) groups is 4. The zero-order valence-corrected chi connectivity index (χ0v) is 47.2. The molecule has 0 bridgehead atoms. The number of hydrogen-bond acceptors (Lipinski definition) is 13. The second kappa shape index (κ2) is 26.6. The topological polar surface area (TPSA) is 191 Å². The highest BCUT2D eigenvalue weighted by atomic mass is 19.1. The minimum Gasteiger partial charge on any atom is -0.383 e. The molecule has 19 heteroatoms. The fraction of sp³-hybridized carbons (Fsp3) is 0.661. The first-order chi connectivity index (χ1) is 37.3. The number of benzene rings is 2. The highest BCUT2D eigenvalue weighted by molar-refractivity contribution is 5.89. The quantitative estimate of drug-likeness (QED) is 0.0644. The maximum Gasteiger partial charge on any atom is 0.249 e. The molecule has 1 saturated carbocycles. The molecule has 5 heterocycles. The number of fused-ring (bicyclic) bond motifs is 1. The molecule has 1 aromatic heterocycles. The van der Waals surface area contributed by atoms with Gasteiger partial charge in [0.05, 0.1) is 17.8 Å². The summed E-state index contributed by atoms with van der Waals surface area (Å²) in [6, 6.07) is 14.0. The Balaban J connectivity index is 0.684. The number of amides is 4. The molecule has 4 aliphatic heterocycles. The van der Waals surface area contributed by atoms with Crippen LogP contribution in [0.5, 0.6) is 0 Å². The highest BCUT2D eigenvalue weighted by Crippen LogP contribution is 2.40. The van der Waals surface area contributed by atoms with Crippen molar-refractivity contribution in [1.82, 2.24) is 45.9 Å². The first kappa shape index (κ1) is 58.6. The van der Waals surface area contributed by atoms with Gasteiger partial charge in [0.2, 0.25) is 23.6 Å². The van der Waals surface area contributed by atoms with Gasteiger partial charge in [-0.25, -0.2) is 18.7 Å². The Labute approximate surface area is 461 Å². The average molecular weight is 1080 g/mol. The molecule has 6 N–H and O–H groups in total. The van der Waals surface area contributed by atoms with Crippen molar-refractivity contribution in [2.45, 2.75) is 129 Å². The summed E-state index contributed by atoms with van der Waals surface area (Å²) in [6.07, 6.45) is 7.97. The van der Waals surface area contributed by atoms with Crippen molar-refractivity contribution in [1.29, 1.82) is 0 Å². The zero-order chi connectivity index (χ0) is 55.6. The summed E-state index contributed by atoms with van der Waals surface area (Å²) >= 11 is 0.